The fraction of sp³-hybridized carbons (Fsp3) is 0.250. The van der Waals surface area contributed by atoms with Crippen LogP contribution in [0.25, 0.3) is 0 Å². The largest absolute Gasteiger partial charge is 0.449 e. The van der Waals surface area contributed by atoms with E-state index in [1.54, 1.807) is 0 Å². The molecule has 0 aliphatic heterocycles. The second-order valence-electron chi connectivity index (χ2n) is 3.96. The van der Waals surface area contributed by atoms with Crippen LogP contribution in [0, 0.1) is 0 Å². The van der Waals surface area contributed by atoms with Gasteiger partial charge in [0.15, 0.2) is 6.10 Å². The number of halogens is 2. The van der Waals surface area contributed by atoms with Crippen LogP contribution < -0.4 is 16.4 Å². The molecule has 0 aromatic heterocycles. The summed E-state index contributed by atoms with van der Waals surface area (Å²) >= 11 is 11.6. The number of nitrogens with two attached hydrogens (primary N) is 1. The lowest BCUT2D eigenvalue weighted by Gasteiger charge is -2.14. The molecule has 7 nitrogen and oxygen atoms in total. The van der Waals surface area contributed by atoms with Gasteiger partial charge in [0.1, 0.15) is 0 Å². The van der Waals surface area contributed by atoms with Crippen LogP contribution in [-0.2, 0) is 9.53 Å². The molecule has 4 N–H and O–H groups in total. The lowest BCUT2D eigenvalue weighted by molar-refractivity contribution is -0.127. The van der Waals surface area contributed by atoms with Gasteiger partial charge in [-0.15, -0.1) is 0 Å². The Labute approximate surface area is 130 Å². The number of urea groups is 1. The van der Waals surface area contributed by atoms with Gasteiger partial charge in [-0.25, -0.2) is 9.59 Å². The second kappa shape index (κ2) is 7.14. The minimum atomic E-state index is -1.20. The van der Waals surface area contributed by atoms with Crippen LogP contribution in [0.2, 0.25) is 10.0 Å². The average Bonchev–Trinajstić information content (AvgIpc) is 2.42. The van der Waals surface area contributed by atoms with Gasteiger partial charge in [0.05, 0.1) is 16.3 Å². The van der Waals surface area contributed by atoms with Gasteiger partial charge in [0.2, 0.25) is 0 Å². The maximum absolute atomic E-state index is 11.9. The molecule has 0 heterocycles. The van der Waals surface area contributed by atoms with Crippen molar-refractivity contribution in [3.05, 3.63) is 27.7 Å². The predicted molar refractivity (Wildman–Crippen MR) is 78.4 cm³/mol. The van der Waals surface area contributed by atoms with Crippen LogP contribution in [0.15, 0.2) is 12.1 Å². The predicted octanol–water partition coefficient (Wildman–Crippen LogP) is 1.58. The first-order valence-corrected chi connectivity index (χ1v) is 6.50. The number of rotatable bonds is 3. The molecule has 114 valence electrons. The van der Waals surface area contributed by atoms with Gasteiger partial charge < -0.3 is 15.8 Å². The summed E-state index contributed by atoms with van der Waals surface area (Å²) in [5, 5.41) is 4.46. The molecule has 1 atom stereocenters. The van der Waals surface area contributed by atoms with E-state index < -0.39 is 24.0 Å². The third-order valence-electron chi connectivity index (χ3n) is 2.43. The number of nitrogens with one attached hydrogen (secondary N) is 2. The van der Waals surface area contributed by atoms with Crippen LogP contribution >= 0.6 is 23.2 Å². The number of esters is 1. The molecule has 1 aromatic carbocycles. The van der Waals surface area contributed by atoms with Crippen molar-refractivity contribution in [2.75, 3.05) is 12.8 Å². The lowest BCUT2D eigenvalue weighted by Crippen LogP contribution is -2.43. The molecular weight excluding hydrogens is 321 g/mol. The van der Waals surface area contributed by atoms with E-state index >= 15 is 0 Å². The van der Waals surface area contributed by atoms with Gasteiger partial charge in [-0.2, -0.15) is 0 Å². The van der Waals surface area contributed by atoms with Crippen molar-refractivity contribution in [2.24, 2.45) is 0 Å². The normalized spacial score (nSPS) is 11.4. The van der Waals surface area contributed by atoms with Crippen molar-refractivity contribution in [1.82, 2.24) is 10.6 Å². The molecule has 0 unspecified atom stereocenters. The summed E-state index contributed by atoms with van der Waals surface area (Å²) in [6, 6.07) is 1.93. The SMILES string of the molecule is CNC(=O)NC(=O)[C@H](C)OC(=O)c1cc(Cl)cc(Cl)c1N. The fourth-order valence-corrected chi connectivity index (χ4v) is 1.80. The molecule has 0 aliphatic rings. The van der Waals surface area contributed by atoms with Crippen LogP contribution in [0.1, 0.15) is 17.3 Å². The molecule has 9 heteroatoms. The van der Waals surface area contributed by atoms with Crippen LogP contribution in [-0.4, -0.2) is 31.1 Å². The first kappa shape index (κ1) is 17.1. The van der Waals surface area contributed by atoms with Gasteiger partial charge in [-0.1, -0.05) is 23.2 Å². The van der Waals surface area contributed by atoms with Gasteiger partial charge in [-0.3, -0.25) is 10.1 Å². The highest BCUT2D eigenvalue weighted by molar-refractivity contribution is 6.37. The number of hydrogen-bond donors (Lipinski definition) is 3. The molecule has 0 saturated heterocycles. The van der Waals surface area contributed by atoms with Gasteiger partial charge in [0.25, 0.3) is 5.91 Å². The summed E-state index contributed by atoms with van der Waals surface area (Å²) in [7, 11) is 1.34. The zero-order valence-electron chi connectivity index (χ0n) is 11.2. The molecule has 21 heavy (non-hydrogen) atoms. The molecule has 0 fully saturated rings. The first-order valence-electron chi connectivity index (χ1n) is 5.74. The number of hydrogen-bond acceptors (Lipinski definition) is 5. The van der Waals surface area contributed by atoms with E-state index in [1.165, 1.54) is 26.1 Å². The highest BCUT2D eigenvalue weighted by Gasteiger charge is 2.22. The van der Waals surface area contributed by atoms with E-state index in [0.29, 0.717) is 0 Å². The number of benzene rings is 1. The second-order valence-corrected chi connectivity index (χ2v) is 4.81. The van der Waals surface area contributed by atoms with Gasteiger partial charge >= 0.3 is 12.0 Å². The highest BCUT2D eigenvalue weighted by Crippen LogP contribution is 2.28. The number of nitrogen functional groups attached to an aromatic ring is 1. The van der Waals surface area contributed by atoms with Crippen molar-refractivity contribution in [1.29, 1.82) is 0 Å². The Bertz CT molecular complexity index is 592. The topological polar surface area (TPSA) is 111 Å². The Morgan fingerprint density at radius 1 is 1.29 bits per heavy atom. The molecule has 0 spiro atoms. The number of anilines is 1. The minimum absolute atomic E-state index is 0.00928. The molecule has 0 saturated carbocycles. The van der Waals surface area contributed by atoms with E-state index in [9.17, 15) is 14.4 Å². The Hall–Kier alpha value is -1.99. The van der Waals surface area contributed by atoms with E-state index in [2.05, 4.69) is 5.32 Å². The van der Waals surface area contributed by atoms with Crippen LogP contribution in [0.4, 0.5) is 10.5 Å². The molecule has 0 aliphatic carbocycles. The zero-order valence-corrected chi connectivity index (χ0v) is 12.7. The van der Waals surface area contributed by atoms with E-state index in [0.717, 1.165) is 0 Å². The number of imide groups is 1. The lowest BCUT2D eigenvalue weighted by atomic mass is 10.2. The van der Waals surface area contributed by atoms with E-state index in [4.69, 9.17) is 33.7 Å². The van der Waals surface area contributed by atoms with Crippen molar-refractivity contribution >= 4 is 46.8 Å². The Morgan fingerprint density at radius 2 is 1.90 bits per heavy atom. The monoisotopic (exact) mass is 333 g/mol. The Kier molecular flexibility index (Phi) is 5.80. The third kappa shape index (κ3) is 4.51. The van der Waals surface area contributed by atoms with E-state index in [1.807, 2.05) is 5.32 Å². The van der Waals surface area contributed by atoms with Crippen molar-refractivity contribution in [3.63, 3.8) is 0 Å². The maximum Gasteiger partial charge on any atom is 0.341 e. The quantitative estimate of drug-likeness (QED) is 0.574. The number of amides is 3. The Balaban J connectivity index is 2.82. The molecule has 1 aromatic rings. The molecule has 0 bridgehead atoms. The average molecular weight is 334 g/mol. The standard InChI is InChI=1S/C12H13Cl2N3O4/c1-5(10(18)17-12(20)16-2)21-11(19)7-3-6(13)4-8(14)9(7)15/h3-5H,15H2,1-2H3,(H2,16,17,18,20)/t5-/m0/s1. The first-order chi connectivity index (χ1) is 9.76. The molecule has 0 radical (unpaired) electrons. The molecular formula is C12H13Cl2N3O4. The minimum Gasteiger partial charge on any atom is -0.449 e. The van der Waals surface area contributed by atoms with E-state index in [-0.39, 0.29) is 21.3 Å². The summed E-state index contributed by atoms with van der Waals surface area (Å²) in [5.74, 6) is -1.66. The summed E-state index contributed by atoms with van der Waals surface area (Å²) in [5.41, 5.74) is 5.58. The number of carbonyl (C=O) groups excluding carboxylic acids is 3. The number of ether oxygens (including phenoxy) is 1. The summed E-state index contributed by atoms with van der Waals surface area (Å²) < 4.78 is 4.91. The zero-order chi connectivity index (χ0) is 16.2. The van der Waals surface area contributed by atoms with Gasteiger partial charge in [0, 0.05) is 12.1 Å². The number of carbonyl (C=O) groups is 3. The summed E-state index contributed by atoms with van der Waals surface area (Å²) in [6.45, 7) is 1.30. The van der Waals surface area contributed by atoms with Crippen molar-refractivity contribution in [2.45, 2.75) is 13.0 Å². The summed E-state index contributed by atoms with van der Waals surface area (Å²) in [4.78, 5) is 34.5. The van der Waals surface area contributed by atoms with Crippen molar-refractivity contribution < 1.29 is 19.1 Å². The third-order valence-corrected chi connectivity index (χ3v) is 2.96. The van der Waals surface area contributed by atoms with Gasteiger partial charge in [-0.05, 0) is 19.1 Å². The maximum atomic E-state index is 11.9. The smallest absolute Gasteiger partial charge is 0.341 e. The fourth-order valence-electron chi connectivity index (χ4n) is 1.31. The molecule has 3 amide bonds. The molecule has 1 rings (SSSR count). The highest BCUT2D eigenvalue weighted by atomic mass is 35.5. The Morgan fingerprint density at radius 3 is 2.48 bits per heavy atom. The summed E-state index contributed by atoms with van der Waals surface area (Å²) in [6.07, 6.45) is -1.20. The van der Waals surface area contributed by atoms with Crippen LogP contribution in [0.3, 0.4) is 0 Å². The van der Waals surface area contributed by atoms with Crippen LogP contribution in [0.5, 0.6) is 0 Å². The van der Waals surface area contributed by atoms with Crippen molar-refractivity contribution in [3.8, 4) is 0 Å².